The third-order valence-corrected chi connectivity index (χ3v) is 7.82. The van der Waals surface area contributed by atoms with Crippen molar-refractivity contribution in [1.29, 1.82) is 0 Å². The van der Waals surface area contributed by atoms with E-state index in [-0.39, 0.29) is 5.41 Å². The summed E-state index contributed by atoms with van der Waals surface area (Å²) >= 11 is 1.97. The van der Waals surface area contributed by atoms with Gasteiger partial charge in [0.2, 0.25) is 0 Å². The van der Waals surface area contributed by atoms with E-state index in [9.17, 15) is 0 Å². The van der Waals surface area contributed by atoms with Gasteiger partial charge in [-0.05, 0) is 40.3 Å². The number of hydrogen-bond acceptors (Lipinski definition) is 1. The zero-order valence-corrected chi connectivity index (χ0v) is 17.7. The van der Waals surface area contributed by atoms with Gasteiger partial charge in [-0.2, -0.15) is 0 Å². The fraction of sp³-hybridized carbons (Fsp3) is 0.143. The van der Waals surface area contributed by atoms with Crippen LogP contribution in [0.15, 0.2) is 78.9 Å². The van der Waals surface area contributed by atoms with Crippen molar-refractivity contribution in [1.82, 2.24) is 0 Å². The Bertz CT molecular complexity index is 1410. The van der Waals surface area contributed by atoms with E-state index in [2.05, 4.69) is 99.6 Å². The largest absolute Gasteiger partial charge is 0.134 e. The Morgan fingerprint density at radius 1 is 0.621 bits per heavy atom. The maximum absolute atomic E-state index is 2.38. The SMILES string of the molecule is Cc1ccc(-c2cccc3c2sc2c4c(ccc23)-c2ccccc2C4(C)C)cc1. The molecule has 0 amide bonds. The van der Waals surface area contributed by atoms with Crippen LogP contribution in [0.3, 0.4) is 0 Å². The monoisotopic (exact) mass is 390 g/mol. The predicted molar refractivity (Wildman–Crippen MR) is 127 cm³/mol. The summed E-state index contributed by atoms with van der Waals surface area (Å²) in [6, 6.07) is 29.3. The van der Waals surface area contributed by atoms with Crippen LogP contribution in [0.4, 0.5) is 0 Å². The molecule has 5 aromatic rings. The van der Waals surface area contributed by atoms with E-state index >= 15 is 0 Å². The van der Waals surface area contributed by atoms with E-state index in [1.165, 1.54) is 59.1 Å². The van der Waals surface area contributed by atoms with Crippen LogP contribution in [0.1, 0.15) is 30.5 Å². The minimum absolute atomic E-state index is 0.0241. The van der Waals surface area contributed by atoms with Crippen LogP contribution in [-0.2, 0) is 5.41 Å². The molecule has 0 nitrogen and oxygen atoms in total. The van der Waals surface area contributed by atoms with Crippen LogP contribution in [0, 0.1) is 6.92 Å². The van der Waals surface area contributed by atoms with Crippen molar-refractivity contribution in [2.75, 3.05) is 0 Å². The fourth-order valence-corrected chi connectivity index (χ4v) is 6.61. The topological polar surface area (TPSA) is 0 Å². The van der Waals surface area contributed by atoms with E-state index < -0.39 is 0 Å². The van der Waals surface area contributed by atoms with Gasteiger partial charge in [-0.1, -0.05) is 98.3 Å². The molecule has 0 unspecified atom stereocenters. The molecule has 0 radical (unpaired) electrons. The molecule has 0 N–H and O–H groups in total. The smallest absolute Gasteiger partial charge is 0.0433 e. The second-order valence-corrected chi connectivity index (χ2v) is 9.71. The maximum atomic E-state index is 2.38. The maximum Gasteiger partial charge on any atom is 0.0433 e. The van der Waals surface area contributed by atoms with Gasteiger partial charge in [0.1, 0.15) is 0 Å². The Balaban J connectivity index is 1.70. The average Bonchev–Trinajstić information content (AvgIpc) is 3.22. The first-order chi connectivity index (χ1) is 14.1. The quantitative estimate of drug-likeness (QED) is 0.270. The highest BCUT2D eigenvalue weighted by Gasteiger charge is 2.37. The van der Waals surface area contributed by atoms with Crippen LogP contribution < -0.4 is 0 Å². The third kappa shape index (κ3) is 2.25. The van der Waals surface area contributed by atoms with Crippen molar-refractivity contribution >= 4 is 31.5 Å². The summed E-state index contributed by atoms with van der Waals surface area (Å²) in [5.41, 5.74) is 9.70. The molecule has 0 atom stereocenters. The minimum Gasteiger partial charge on any atom is -0.134 e. The molecule has 1 aliphatic rings. The first kappa shape index (κ1) is 17.0. The molecule has 4 aromatic carbocycles. The van der Waals surface area contributed by atoms with E-state index in [4.69, 9.17) is 0 Å². The Morgan fingerprint density at radius 2 is 1.34 bits per heavy atom. The van der Waals surface area contributed by atoms with Crippen LogP contribution >= 0.6 is 11.3 Å². The van der Waals surface area contributed by atoms with E-state index in [1.54, 1.807) is 0 Å². The summed E-state index contributed by atoms with van der Waals surface area (Å²) in [4.78, 5) is 0. The highest BCUT2D eigenvalue weighted by atomic mass is 32.1. The molecule has 0 aliphatic heterocycles. The summed E-state index contributed by atoms with van der Waals surface area (Å²) in [7, 11) is 0. The van der Waals surface area contributed by atoms with E-state index in [0.717, 1.165) is 0 Å². The van der Waals surface area contributed by atoms with Gasteiger partial charge in [-0.25, -0.2) is 0 Å². The number of fused-ring (bicyclic) bond motifs is 7. The second kappa shape index (κ2) is 5.81. The Morgan fingerprint density at radius 3 is 2.17 bits per heavy atom. The molecule has 1 heteroatoms. The lowest BCUT2D eigenvalue weighted by Crippen LogP contribution is -2.14. The molecule has 1 aromatic heterocycles. The number of rotatable bonds is 1. The number of benzene rings is 4. The molecule has 140 valence electrons. The molecule has 1 aliphatic carbocycles. The molecule has 0 saturated heterocycles. The lowest BCUT2D eigenvalue weighted by Gasteiger charge is -2.22. The van der Waals surface area contributed by atoms with Gasteiger partial charge in [-0.15, -0.1) is 11.3 Å². The molecular weight excluding hydrogens is 368 g/mol. The van der Waals surface area contributed by atoms with Crippen LogP contribution in [0.5, 0.6) is 0 Å². The molecule has 29 heavy (non-hydrogen) atoms. The Kier molecular flexibility index (Phi) is 3.40. The molecule has 1 heterocycles. The van der Waals surface area contributed by atoms with Gasteiger partial charge in [0, 0.05) is 25.6 Å². The fourth-order valence-electron chi connectivity index (χ4n) is 5.06. The Hall–Kier alpha value is -2.90. The third-order valence-electron chi connectivity index (χ3n) is 6.55. The summed E-state index contributed by atoms with van der Waals surface area (Å²) in [6.07, 6.45) is 0. The zero-order valence-electron chi connectivity index (χ0n) is 16.9. The average molecular weight is 391 g/mol. The summed E-state index contributed by atoms with van der Waals surface area (Å²) in [5, 5.41) is 2.76. The van der Waals surface area contributed by atoms with Gasteiger partial charge in [-0.3, -0.25) is 0 Å². The van der Waals surface area contributed by atoms with Crippen LogP contribution in [-0.4, -0.2) is 0 Å². The van der Waals surface area contributed by atoms with Crippen LogP contribution in [0.2, 0.25) is 0 Å². The zero-order chi connectivity index (χ0) is 19.8. The standard InChI is InChI=1S/C28H22S/c1-17-11-13-18(14-12-17)19-8-6-9-22-23-16-15-21-20-7-4-5-10-24(20)28(2,3)25(21)27(23)29-26(19)22/h4-16H,1-3H3. The predicted octanol–water partition coefficient (Wildman–Crippen LogP) is 8.34. The van der Waals surface area contributed by atoms with Crippen molar-refractivity contribution in [3.8, 4) is 22.3 Å². The highest BCUT2D eigenvalue weighted by Crippen LogP contribution is 2.54. The lowest BCUT2D eigenvalue weighted by molar-refractivity contribution is 0.667. The minimum atomic E-state index is 0.0241. The Labute approximate surface area is 175 Å². The molecule has 0 fully saturated rings. The molecular formula is C28H22S. The number of thiophene rings is 1. The van der Waals surface area contributed by atoms with E-state index in [1.807, 2.05) is 11.3 Å². The van der Waals surface area contributed by atoms with E-state index in [0.29, 0.717) is 0 Å². The first-order valence-electron chi connectivity index (χ1n) is 10.2. The molecule has 0 spiro atoms. The second-order valence-electron chi connectivity index (χ2n) is 8.69. The molecule has 0 saturated carbocycles. The lowest BCUT2D eigenvalue weighted by atomic mass is 9.82. The molecule has 0 bridgehead atoms. The summed E-state index contributed by atoms with van der Waals surface area (Å²) in [5.74, 6) is 0. The number of hydrogen-bond donors (Lipinski definition) is 0. The van der Waals surface area contributed by atoms with Gasteiger partial charge >= 0.3 is 0 Å². The van der Waals surface area contributed by atoms with Gasteiger partial charge < -0.3 is 0 Å². The van der Waals surface area contributed by atoms with Gasteiger partial charge in [0.15, 0.2) is 0 Å². The normalized spacial score (nSPS) is 14.3. The summed E-state index contributed by atoms with van der Waals surface area (Å²) < 4.78 is 2.84. The molecule has 6 rings (SSSR count). The van der Waals surface area contributed by atoms with Crippen molar-refractivity contribution < 1.29 is 0 Å². The van der Waals surface area contributed by atoms with Crippen molar-refractivity contribution in [2.45, 2.75) is 26.2 Å². The first-order valence-corrected chi connectivity index (χ1v) is 11.0. The van der Waals surface area contributed by atoms with Crippen molar-refractivity contribution in [2.24, 2.45) is 0 Å². The van der Waals surface area contributed by atoms with Gasteiger partial charge in [0.05, 0.1) is 0 Å². The summed E-state index contributed by atoms with van der Waals surface area (Å²) in [6.45, 7) is 6.90. The van der Waals surface area contributed by atoms with Crippen LogP contribution in [0.25, 0.3) is 42.4 Å². The number of aryl methyl sites for hydroxylation is 1. The van der Waals surface area contributed by atoms with Gasteiger partial charge in [0.25, 0.3) is 0 Å². The van der Waals surface area contributed by atoms with Crippen molar-refractivity contribution in [3.05, 3.63) is 95.6 Å². The highest BCUT2D eigenvalue weighted by molar-refractivity contribution is 7.26. The van der Waals surface area contributed by atoms with Crippen molar-refractivity contribution in [3.63, 3.8) is 0 Å².